The molecule has 1 atom stereocenters. The maximum atomic E-state index is 11.9. The lowest BCUT2D eigenvalue weighted by Gasteiger charge is -2.11. The molecule has 4 nitrogen and oxygen atoms in total. The van der Waals surface area contributed by atoms with Gasteiger partial charge in [-0.05, 0) is 35.9 Å². The van der Waals surface area contributed by atoms with Gasteiger partial charge in [-0.25, -0.2) is 0 Å². The number of fused-ring (bicyclic) bond motifs is 1. The minimum atomic E-state index is -0.359. The van der Waals surface area contributed by atoms with Gasteiger partial charge in [0, 0.05) is 35.2 Å². The van der Waals surface area contributed by atoms with Crippen molar-refractivity contribution in [1.82, 2.24) is 10.3 Å². The molecule has 2 N–H and O–H groups in total. The summed E-state index contributed by atoms with van der Waals surface area (Å²) < 4.78 is 0. The minimum absolute atomic E-state index is 0.0497. The second kappa shape index (κ2) is 4.99. The highest BCUT2D eigenvalue weighted by Gasteiger charge is 2.29. The number of hydrogen-bond donors (Lipinski definition) is 2. The number of rotatable bonds is 3. The van der Waals surface area contributed by atoms with Gasteiger partial charge in [0.05, 0.1) is 0 Å². The van der Waals surface area contributed by atoms with Gasteiger partial charge in [0.15, 0.2) is 0 Å². The number of hydrogen-bond acceptors (Lipinski definition) is 3. The van der Waals surface area contributed by atoms with Crippen LogP contribution in [-0.4, -0.2) is 10.9 Å². The Hall–Kier alpha value is -1.91. The number of amides is 1. The molecule has 1 aliphatic rings. The third kappa shape index (κ3) is 2.45. The van der Waals surface area contributed by atoms with Gasteiger partial charge in [0.1, 0.15) is 6.04 Å². The summed E-state index contributed by atoms with van der Waals surface area (Å²) in [5, 5.41) is 6.70. The van der Waals surface area contributed by atoms with E-state index in [1.165, 1.54) is 0 Å². The molecule has 1 aromatic carbocycles. The fourth-order valence-corrected chi connectivity index (χ4v) is 2.34. The molecule has 2 heterocycles. The molecule has 1 aliphatic heterocycles. The fraction of sp³-hybridized carbons (Fsp3) is 0.143. The van der Waals surface area contributed by atoms with Crippen LogP contribution in [0.4, 0.5) is 5.69 Å². The SMILES string of the molecule is O=C1Nc2ccc(Cl)cc2C1NCc1ccncc1. The van der Waals surface area contributed by atoms with Crippen LogP contribution in [0.5, 0.6) is 0 Å². The normalized spacial score (nSPS) is 17.1. The number of nitrogens with zero attached hydrogens (tertiary/aromatic N) is 1. The monoisotopic (exact) mass is 273 g/mol. The Morgan fingerprint density at radius 3 is 2.84 bits per heavy atom. The summed E-state index contributed by atoms with van der Waals surface area (Å²) in [7, 11) is 0. The Labute approximate surface area is 115 Å². The van der Waals surface area contributed by atoms with E-state index in [0.29, 0.717) is 11.6 Å². The molecule has 0 spiro atoms. The van der Waals surface area contributed by atoms with Crippen LogP contribution in [-0.2, 0) is 11.3 Å². The molecule has 2 aromatic rings. The first-order chi connectivity index (χ1) is 9.24. The predicted octanol–water partition coefficient (Wildman–Crippen LogP) is 2.52. The Morgan fingerprint density at radius 2 is 2.05 bits per heavy atom. The molecule has 5 heteroatoms. The number of benzene rings is 1. The number of nitrogens with one attached hydrogen (secondary N) is 2. The van der Waals surface area contributed by atoms with E-state index in [0.717, 1.165) is 16.8 Å². The molecule has 1 unspecified atom stereocenters. The van der Waals surface area contributed by atoms with E-state index in [1.807, 2.05) is 24.3 Å². The van der Waals surface area contributed by atoms with Crippen molar-refractivity contribution in [1.29, 1.82) is 0 Å². The third-order valence-electron chi connectivity index (χ3n) is 3.10. The summed E-state index contributed by atoms with van der Waals surface area (Å²) in [5.74, 6) is -0.0497. The van der Waals surface area contributed by atoms with Crippen molar-refractivity contribution in [3.05, 3.63) is 58.9 Å². The van der Waals surface area contributed by atoms with Gasteiger partial charge < -0.3 is 5.32 Å². The molecule has 0 bridgehead atoms. The lowest BCUT2D eigenvalue weighted by atomic mass is 10.1. The number of pyridine rings is 1. The average molecular weight is 274 g/mol. The number of halogens is 1. The molecule has 0 aliphatic carbocycles. The number of anilines is 1. The molecule has 96 valence electrons. The van der Waals surface area contributed by atoms with Crippen LogP contribution in [0.3, 0.4) is 0 Å². The summed E-state index contributed by atoms with van der Waals surface area (Å²) in [6, 6.07) is 8.88. The standard InChI is InChI=1S/C14H12ClN3O/c15-10-1-2-12-11(7-10)13(14(19)18-12)17-8-9-3-5-16-6-4-9/h1-7,13,17H,8H2,(H,18,19). The molecule has 1 aromatic heterocycles. The second-order valence-corrected chi connectivity index (χ2v) is 4.83. The zero-order chi connectivity index (χ0) is 13.2. The van der Waals surface area contributed by atoms with Gasteiger partial charge in [-0.3, -0.25) is 15.1 Å². The molecular formula is C14H12ClN3O. The lowest BCUT2D eigenvalue weighted by Crippen LogP contribution is -2.27. The van der Waals surface area contributed by atoms with E-state index >= 15 is 0 Å². The predicted molar refractivity (Wildman–Crippen MR) is 73.9 cm³/mol. The van der Waals surface area contributed by atoms with E-state index in [-0.39, 0.29) is 11.9 Å². The van der Waals surface area contributed by atoms with Gasteiger partial charge in [-0.1, -0.05) is 11.6 Å². The molecular weight excluding hydrogens is 262 g/mol. The van der Waals surface area contributed by atoms with E-state index in [2.05, 4.69) is 15.6 Å². The van der Waals surface area contributed by atoms with E-state index in [9.17, 15) is 4.79 Å². The highest BCUT2D eigenvalue weighted by atomic mass is 35.5. The van der Waals surface area contributed by atoms with Crippen LogP contribution in [0.25, 0.3) is 0 Å². The summed E-state index contributed by atoms with van der Waals surface area (Å²) in [6.07, 6.45) is 3.47. The van der Waals surface area contributed by atoms with Gasteiger partial charge in [-0.15, -0.1) is 0 Å². The van der Waals surface area contributed by atoms with Crippen molar-refractivity contribution in [2.24, 2.45) is 0 Å². The molecule has 19 heavy (non-hydrogen) atoms. The van der Waals surface area contributed by atoms with Crippen molar-refractivity contribution < 1.29 is 4.79 Å². The topological polar surface area (TPSA) is 54.0 Å². The van der Waals surface area contributed by atoms with Crippen LogP contribution in [0.15, 0.2) is 42.7 Å². The quantitative estimate of drug-likeness (QED) is 0.903. The first kappa shape index (κ1) is 12.1. The molecule has 0 saturated heterocycles. The average Bonchev–Trinajstić information content (AvgIpc) is 2.73. The van der Waals surface area contributed by atoms with E-state index < -0.39 is 0 Å². The molecule has 0 fully saturated rings. The van der Waals surface area contributed by atoms with Crippen LogP contribution >= 0.6 is 11.6 Å². The van der Waals surface area contributed by atoms with Crippen molar-refractivity contribution in [2.45, 2.75) is 12.6 Å². The van der Waals surface area contributed by atoms with E-state index in [1.54, 1.807) is 18.5 Å². The summed E-state index contributed by atoms with van der Waals surface area (Å²) in [5.41, 5.74) is 2.80. The zero-order valence-electron chi connectivity index (χ0n) is 10.1. The number of carbonyl (C=O) groups is 1. The Morgan fingerprint density at radius 1 is 1.26 bits per heavy atom. The van der Waals surface area contributed by atoms with Crippen molar-refractivity contribution in [3.63, 3.8) is 0 Å². The van der Waals surface area contributed by atoms with Gasteiger partial charge in [0.2, 0.25) is 5.91 Å². The summed E-state index contributed by atoms with van der Waals surface area (Å²) >= 11 is 5.98. The summed E-state index contributed by atoms with van der Waals surface area (Å²) in [4.78, 5) is 15.9. The van der Waals surface area contributed by atoms with Crippen molar-refractivity contribution in [3.8, 4) is 0 Å². The zero-order valence-corrected chi connectivity index (χ0v) is 10.8. The van der Waals surface area contributed by atoms with Crippen LogP contribution in [0, 0.1) is 0 Å². The fourth-order valence-electron chi connectivity index (χ4n) is 2.16. The second-order valence-electron chi connectivity index (χ2n) is 4.39. The van der Waals surface area contributed by atoms with Crippen molar-refractivity contribution in [2.75, 3.05) is 5.32 Å². The largest absolute Gasteiger partial charge is 0.324 e. The Bertz CT molecular complexity index is 615. The third-order valence-corrected chi connectivity index (χ3v) is 3.34. The van der Waals surface area contributed by atoms with E-state index in [4.69, 9.17) is 11.6 Å². The maximum absolute atomic E-state index is 11.9. The smallest absolute Gasteiger partial charge is 0.246 e. The van der Waals surface area contributed by atoms with Crippen molar-refractivity contribution >= 4 is 23.2 Å². The minimum Gasteiger partial charge on any atom is -0.324 e. The Kier molecular flexibility index (Phi) is 3.19. The highest BCUT2D eigenvalue weighted by molar-refractivity contribution is 6.31. The van der Waals surface area contributed by atoms with Gasteiger partial charge >= 0.3 is 0 Å². The van der Waals surface area contributed by atoms with Gasteiger partial charge in [0.25, 0.3) is 0 Å². The first-order valence-electron chi connectivity index (χ1n) is 5.96. The van der Waals surface area contributed by atoms with Crippen LogP contribution in [0.1, 0.15) is 17.2 Å². The maximum Gasteiger partial charge on any atom is 0.246 e. The Balaban J connectivity index is 1.79. The highest BCUT2D eigenvalue weighted by Crippen LogP contribution is 2.32. The lowest BCUT2D eigenvalue weighted by molar-refractivity contribution is -0.117. The molecule has 0 saturated carbocycles. The number of aromatic nitrogens is 1. The molecule has 3 rings (SSSR count). The first-order valence-corrected chi connectivity index (χ1v) is 6.34. The van der Waals surface area contributed by atoms with Gasteiger partial charge in [-0.2, -0.15) is 0 Å². The summed E-state index contributed by atoms with van der Waals surface area (Å²) in [6.45, 7) is 0.604. The number of carbonyl (C=O) groups excluding carboxylic acids is 1. The van der Waals surface area contributed by atoms with Crippen LogP contribution < -0.4 is 10.6 Å². The molecule has 0 radical (unpaired) electrons. The van der Waals surface area contributed by atoms with Crippen LogP contribution in [0.2, 0.25) is 5.02 Å². The molecule has 1 amide bonds.